The first-order valence-electron chi connectivity index (χ1n) is 11.0. The lowest BCUT2D eigenvalue weighted by molar-refractivity contribution is -0.123. The molecule has 1 heterocycles. The number of rotatable bonds is 6. The molecular weight excluding hydrogens is 464 g/mol. The van der Waals surface area contributed by atoms with Gasteiger partial charge in [-0.3, -0.25) is 4.79 Å². The summed E-state index contributed by atoms with van der Waals surface area (Å²) in [6, 6.07) is 9.57. The molecule has 0 saturated carbocycles. The average molecular weight is 493 g/mol. The minimum Gasteiger partial charge on any atom is -0.449 e. The van der Waals surface area contributed by atoms with E-state index in [9.17, 15) is 18.0 Å². The molecule has 0 aliphatic carbocycles. The largest absolute Gasteiger partial charge is 0.449 e. The van der Waals surface area contributed by atoms with Crippen molar-refractivity contribution in [3.63, 3.8) is 0 Å². The number of hydrogen-bond donors (Lipinski definition) is 1. The lowest BCUT2D eigenvalue weighted by atomic mass is 10.1. The van der Waals surface area contributed by atoms with Crippen molar-refractivity contribution in [2.75, 3.05) is 18.4 Å². The Morgan fingerprint density at radius 1 is 1.03 bits per heavy atom. The lowest BCUT2D eigenvalue weighted by Crippen LogP contribution is -2.32. The first-order chi connectivity index (χ1) is 15.6. The molecule has 178 valence electrons. The number of sulfonamides is 1. The molecule has 1 aliphatic heterocycles. The maximum absolute atomic E-state index is 13.2. The topological polar surface area (TPSA) is 92.8 Å². The quantitative estimate of drug-likeness (QED) is 0.590. The number of aryl methyl sites for hydroxylation is 2. The number of hydrogen-bond acceptors (Lipinski definition) is 5. The summed E-state index contributed by atoms with van der Waals surface area (Å²) in [6.45, 7) is 6.13. The maximum atomic E-state index is 13.2. The number of amides is 1. The van der Waals surface area contributed by atoms with E-state index in [0.717, 1.165) is 36.8 Å². The van der Waals surface area contributed by atoms with E-state index < -0.39 is 28.0 Å². The first kappa shape index (κ1) is 25.2. The molecular formula is C24H29ClN2O5S. The van der Waals surface area contributed by atoms with Crippen LogP contribution in [0, 0.1) is 13.8 Å². The second-order valence-electron chi connectivity index (χ2n) is 8.32. The number of carbonyl (C=O) groups excluding carboxylic acids is 2. The highest BCUT2D eigenvalue weighted by molar-refractivity contribution is 7.89. The van der Waals surface area contributed by atoms with Crippen LogP contribution in [0.25, 0.3) is 0 Å². The highest BCUT2D eigenvalue weighted by atomic mass is 35.5. The van der Waals surface area contributed by atoms with E-state index in [0.29, 0.717) is 18.8 Å². The van der Waals surface area contributed by atoms with E-state index in [-0.39, 0.29) is 15.5 Å². The van der Waals surface area contributed by atoms with Crippen LogP contribution in [0.2, 0.25) is 5.02 Å². The van der Waals surface area contributed by atoms with Crippen molar-refractivity contribution in [1.29, 1.82) is 0 Å². The summed E-state index contributed by atoms with van der Waals surface area (Å²) in [5.41, 5.74) is 2.60. The van der Waals surface area contributed by atoms with E-state index in [1.807, 2.05) is 26.0 Å². The molecule has 1 saturated heterocycles. The minimum atomic E-state index is -3.85. The van der Waals surface area contributed by atoms with Gasteiger partial charge in [0.1, 0.15) is 4.90 Å². The van der Waals surface area contributed by atoms with Gasteiger partial charge in [-0.1, -0.05) is 42.1 Å². The van der Waals surface area contributed by atoms with Crippen LogP contribution in [0.3, 0.4) is 0 Å². The van der Waals surface area contributed by atoms with Crippen molar-refractivity contribution in [3.8, 4) is 0 Å². The van der Waals surface area contributed by atoms with E-state index >= 15 is 0 Å². The maximum Gasteiger partial charge on any atom is 0.338 e. The van der Waals surface area contributed by atoms with Gasteiger partial charge < -0.3 is 10.1 Å². The number of nitrogens with one attached hydrogen (secondary N) is 1. The molecule has 0 spiro atoms. The number of nitrogens with zero attached hydrogens (tertiary/aromatic N) is 1. The molecule has 33 heavy (non-hydrogen) atoms. The molecule has 0 aromatic heterocycles. The molecule has 1 amide bonds. The number of esters is 1. The molecule has 7 nitrogen and oxygen atoms in total. The van der Waals surface area contributed by atoms with Gasteiger partial charge in [-0.15, -0.1) is 0 Å². The molecule has 1 N–H and O–H groups in total. The standard InChI is InChI=1S/C24H29ClN2O5S/c1-16-8-11-21(17(2)14-16)26-23(28)18(3)32-24(29)19-9-10-20(25)22(15-19)33(30,31)27-12-6-4-5-7-13-27/h8-11,14-15,18H,4-7,12-13H2,1-3H3,(H,26,28). The normalized spacial score (nSPS) is 16.0. The van der Waals surface area contributed by atoms with E-state index in [2.05, 4.69) is 5.32 Å². The summed E-state index contributed by atoms with van der Waals surface area (Å²) in [6.07, 6.45) is 2.44. The fraction of sp³-hybridized carbons (Fsp3) is 0.417. The molecule has 9 heteroatoms. The fourth-order valence-corrected chi connectivity index (χ4v) is 5.74. The van der Waals surface area contributed by atoms with Crippen LogP contribution < -0.4 is 5.32 Å². The van der Waals surface area contributed by atoms with Gasteiger partial charge in [-0.2, -0.15) is 4.31 Å². The Labute approximate surface area is 200 Å². The Hall–Kier alpha value is -2.42. The SMILES string of the molecule is Cc1ccc(NC(=O)C(C)OC(=O)c2ccc(Cl)c(S(=O)(=O)N3CCCCCC3)c2)c(C)c1. The molecule has 1 unspecified atom stereocenters. The number of anilines is 1. The number of ether oxygens (including phenoxy) is 1. The van der Waals surface area contributed by atoms with Crippen LogP contribution in [0.4, 0.5) is 5.69 Å². The third kappa shape index (κ3) is 6.13. The Balaban J connectivity index is 1.74. The van der Waals surface area contributed by atoms with Crippen LogP contribution in [-0.4, -0.2) is 43.8 Å². The van der Waals surface area contributed by atoms with E-state index in [1.165, 1.54) is 29.4 Å². The Kier molecular flexibility index (Phi) is 8.15. The zero-order valence-electron chi connectivity index (χ0n) is 19.1. The van der Waals surface area contributed by atoms with Gasteiger partial charge in [-0.05, 0) is 63.4 Å². The number of benzene rings is 2. The van der Waals surface area contributed by atoms with Crippen molar-refractivity contribution in [1.82, 2.24) is 4.31 Å². The van der Waals surface area contributed by atoms with Gasteiger partial charge >= 0.3 is 5.97 Å². The molecule has 1 aliphatic rings. The molecule has 2 aromatic carbocycles. The third-order valence-corrected chi connectivity index (χ3v) is 8.02. The summed E-state index contributed by atoms with van der Waals surface area (Å²) in [4.78, 5) is 25.1. The predicted octanol–water partition coefficient (Wildman–Crippen LogP) is 4.71. The molecule has 1 fully saturated rings. The summed E-state index contributed by atoms with van der Waals surface area (Å²) in [7, 11) is -3.85. The Morgan fingerprint density at radius 3 is 2.33 bits per heavy atom. The van der Waals surface area contributed by atoms with E-state index in [4.69, 9.17) is 16.3 Å². The molecule has 0 radical (unpaired) electrons. The second kappa shape index (κ2) is 10.7. The van der Waals surface area contributed by atoms with Crippen LogP contribution >= 0.6 is 11.6 Å². The Bertz CT molecular complexity index is 1140. The third-order valence-electron chi connectivity index (χ3n) is 5.64. The van der Waals surface area contributed by atoms with Crippen molar-refractivity contribution in [2.24, 2.45) is 0 Å². The summed E-state index contributed by atoms with van der Waals surface area (Å²) >= 11 is 6.20. The average Bonchev–Trinajstić information content (AvgIpc) is 3.06. The monoisotopic (exact) mass is 492 g/mol. The highest BCUT2D eigenvalue weighted by Crippen LogP contribution is 2.28. The smallest absolute Gasteiger partial charge is 0.338 e. The van der Waals surface area contributed by atoms with Gasteiger partial charge in [0.05, 0.1) is 10.6 Å². The van der Waals surface area contributed by atoms with Crippen LogP contribution in [-0.2, 0) is 19.6 Å². The zero-order valence-corrected chi connectivity index (χ0v) is 20.6. The van der Waals surface area contributed by atoms with Gasteiger partial charge in [0.2, 0.25) is 10.0 Å². The zero-order chi connectivity index (χ0) is 24.2. The van der Waals surface area contributed by atoms with Crippen LogP contribution in [0.5, 0.6) is 0 Å². The molecule has 0 bridgehead atoms. The van der Waals surface area contributed by atoms with E-state index in [1.54, 1.807) is 6.07 Å². The predicted molar refractivity (Wildman–Crippen MR) is 128 cm³/mol. The van der Waals surface area contributed by atoms with Crippen molar-refractivity contribution < 1.29 is 22.7 Å². The number of carbonyl (C=O) groups is 2. The lowest BCUT2D eigenvalue weighted by Gasteiger charge is -2.21. The van der Waals surface area contributed by atoms with Gasteiger partial charge in [0.15, 0.2) is 6.10 Å². The van der Waals surface area contributed by atoms with Gasteiger partial charge in [-0.25, -0.2) is 13.2 Å². The summed E-state index contributed by atoms with van der Waals surface area (Å²) < 4.78 is 33.0. The van der Waals surface area contributed by atoms with Gasteiger partial charge in [0.25, 0.3) is 5.91 Å². The minimum absolute atomic E-state index is 0.0129. The summed E-state index contributed by atoms with van der Waals surface area (Å²) in [5.74, 6) is -1.29. The van der Waals surface area contributed by atoms with Crippen molar-refractivity contribution in [3.05, 3.63) is 58.1 Å². The van der Waals surface area contributed by atoms with Crippen LogP contribution in [0.1, 0.15) is 54.1 Å². The Morgan fingerprint density at radius 2 is 1.70 bits per heavy atom. The summed E-state index contributed by atoms with van der Waals surface area (Å²) in [5, 5.41) is 2.79. The molecule has 1 atom stereocenters. The van der Waals surface area contributed by atoms with Crippen molar-refractivity contribution >= 4 is 39.2 Å². The van der Waals surface area contributed by atoms with Gasteiger partial charge in [0, 0.05) is 18.8 Å². The number of halogens is 1. The van der Waals surface area contributed by atoms with Crippen LogP contribution in [0.15, 0.2) is 41.3 Å². The van der Waals surface area contributed by atoms with Crippen molar-refractivity contribution in [2.45, 2.75) is 57.5 Å². The molecule has 2 aromatic rings. The molecule has 3 rings (SSSR count). The highest BCUT2D eigenvalue weighted by Gasteiger charge is 2.29. The fourth-order valence-electron chi connectivity index (χ4n) is 3.72. The second-order valence-corrected chi connectivity index (χ2v) is 10.6. The first-order valence-corrected chi connectivity index (χ1v) is 12.8.